The first-order valence-corrected chi connectivity index (χ1v) is 12.6. The number of rotatable bonds is 5. The first-order valence-electron chi connectivity index (χ1n) is 12.6. The minimum absolute atomic E-state index is 0.285. The molecule has 3 saturated carbocycles. The monoisotopic (exact) mass is 444 g/mol. The molecule has 3 fully saturated rings. The van der Waals surface area contributed by atoms with Crippen molar-refractivity contribution in [3.63, 3.8) is 0 Å². The van der Waals surface area contributed by atoms with Crippen molar-refractivity contribution < 1.29 is 0 Å². The SMILES string of the molecule is O=c1[nH]ncc2nc(NC3CCCCC3)nc(Nc3ccc(C4CCC5(CC4)CC5)cc3)c12. The maximum atomic E-state index is 12.6. The summed E-state index contributed by atoms with van der Waals surface area (Å²) in [5.74, 6) is 1.74. The van der Waals surface area contributed by atoms with Gasteiger partial charge in [-0.1, -0.05) is 31.4 Å². The smallest absolute Gasteiger partial charge is 0.277 e. The van der Waals surface area contributed by atoms with Crippen LogP contribution in [-0.2, 0) is 0 Å². The highest BCUT2D eigenvalue weighted by atomic mass is 16.1. The van der Waals surface area contributed by atoms with E-state index in [0.717, 1.165) is 23.9 Å². The molecule has 7 nitrogen and oxygen atoms in total. The van der Waals surface area contributed by atoms with Crippen LogP contribution in [0.25, 0.3) is 10.9 Å². The summed E-state index contributed by atoms with van der Waals surface area (Å²) in [5, 5.41) is 13.8. The second kappa shape index (κ2) is 8.43. The summed E-state index contributed by atoms with van der Waals surface area (Å²) in [6, 6.07) is 9.05. The van der Waals surface area contributed by atoms with Gasteiger partial charge in [0.05, 0.1) is 6.20 Å². The zero-order chi connectivity index (χ0) is 22.3. The minimum Gasteiger partial charge on any atom is -0.351 e. The van der Waals surface area contributed by atoms with Gasteiger partial charge < -0.3 is 10.6 Å². The van der Waals surface area contributed by atoms with Crippen LogP contribution in [0, 0.1) is 5.41 Å². The van der Waals surface area contributed by atoms with Gasteiger partial charge in [0.2, 0.25) is 5.95 Å². The Labute approximate surface area is 193 Å². The Bertz CT molecular complexity index is 1180. The van der Waals surface area contributed by atoms with Crippen LogP contribution in [0.1, 0.15) is 82.1 Å². The maximum Gasteiger partial charge on any atom is 0.277 e. The molecule has 1 aromatic carbocycles. The summed E-state index contributed by atoms with van der Waals surface area (Å²) in [4.78, 5) is 21.8. The lowest BCUT2D eigenvalue weighted by atomic mass is 9.77. The standard InChI is InChI=1S/C26H32N6O/c33-24-22-21(16-27-32-24)30-25(29-19-4-2-1-3-5-19)31-23(22)28-20-8-6-17(7-9-20)18-10-12-26(13-11-18)14-15-26/h6-9,16,18-19H,1-5,10-15H2,(H,32,33)(H2,28,29,30,31). The van der Waals surface area contributed by atoms with Crippen LogP contribution in [0.15, 0.2) is 35.3 Å². The first-order chi connectivity index (χ1) is 16.2. The summed E-state index contributed by atoms with van der Waals surface area (Å²) in [6.45, 7) is 0. The highest BCUT2D eigenvalue weighted by Crippen LogP contribution is 2.58. The molecule has 0 unspecified atom stereocenters. The van der Waals surface area contributed by atoms with Crippen LogP contribution in [0.3, 0.4) is 0 Å². The third-order valence-electron chi connectivity index (χ3n) is 8.10. The number of nitrogens with one attached hydrogen (secondary N) is 3. The molecule has 0 amide bonds. The van der Waals surface area contributed by atoms with Crippen LogP contribution in [0.2, 0.25) is 0 Å². The molecule has 3 aliphatic rings. The molecular formula is C26H32N6O. The van der Waals surface area contributed by atoms with Gasteiger partial charge in [0.25, 0.3) is 5.56 Å². The molecule has 6 rings (SSSR count). The number of hydrogen-bond acceptors (Lipinski definition) is 6. The molecular weight excluding hydrogens is 412 g/mol. The van der Waals surface area contributed by atoms with Crippen molar-refractivity contribution in [2.24, 2.45) is 5.41 Å². The lowest BCUT2D eigenvalue weighted by Gasteiger charge is -2.28. The van der Waals surface area contributed by atoms with E-state index in [1.54, 1.807) is 6.20 Å². The van der Waals surface area contributed by atoms with Crippen molar-refractivity contribution in [2.45, 2.75) is 82.6 Å². The van der Waals surface area contributed by atoms with Crippen molar-refractivity contribution >= 4 is 28.4 Å². The third kappa shape index (κ3) is 4.33. The molecule has 3 aliphatic carbocycles. The number of aromatic nitrogens is 4. The van der Waals surface area contributed by atoms with Gasteiger partial charge in [0, 0.05) is 11.7 Å². The Balaban J connectivity index is 1.24. The Morgan fingerprint density at radius 3 is 2.39 bits per heavy atom. The molecule has 7 heteroatoms. The van der Waals surface area contributed by atoms with Crippen LogP contribution < -0.4 is 16.2 Å². The highest BCUT2D eigenvalue weighted by Gasteiger charge is 2.44. The number of fused-ring (bicyclic) bond motifs is 1. The van der Waals surface area contributed by atoms with Gasteiger partial charge in [-0.25, -0.2) is 10.1 Å². The van der Waals surface area contributed by atoms with Gasteiger partial charge in [-0.15, -0.1) is 0 Å². The van der Waals surface area contributed by atoms with E-state index in [0.29, 0.717) is 34.6 Å². The van der Waals surface area contributed by atoms with Gasteiger partial charge in [-0.05, 0) is 80.4 Å². The Hall–Kier alpha value is -2.96. The Kier molecular flexibility index (Phi) is 5.27. The second-order valence-electron chi connectivity index (χ2n) is 10.4. The molecule has 0 radical (unpaired) electrons. The quantitative estimate of drug-likeness (QED) is 0.471. The molecule has 0 bridgehead atoms. The van der Waals surface area contributed by atoms with E-state index in [9.17, 15) is 4.79 Å². The topological polar surface area (TPSA) is 95.6 Å². The summed E-state index contributed by atoms with van der Waals surface area (Å²) < 4.78 is 0. The molecule has 0 saturated heterocycles. The number of H-pyrrole nitrogens is 1. The molecule has 172 valence electrons. The van der Waals surface area contributed by atoms with E-state index >= 15 is 0 Å². The van der Waals surface area contributed by atoms with E-state index < -0.39 is 0 Å². The van der Waals surface area contributed by atoms with E-state index in [1.807, 2.05) is 0 Å². The van der Waals surface area contributed by atoms with Gasteiger partial charge in [-0.2, -0.15) is 10.1 Å². The van der Waals surface area contributed by atoms with Gasteiger partial charge in [0.1, 0.15) is 16.7 Å². The molecule has 3 N–H and O–H groups in total. The number of hydrogen-bond donors (Lipinski definition) is 3. The van der Waals surface area contributed by atoms with Crippen molar-refractivity contribution in [3.8, 4) is 0 Å². The average Bonchev–Trinajstić information content (AvgIpc) is 3.59. The van der Waals surface area contributed by atoms with Crippen molar-refractivity contribution in [3.05, 3.63) is 46.4 Å². The zero-order valence-electron chi connectivity index (χ0n) is 19.1. The Morgan fingerprint density at radius 1 is 0.909 bits per heavy atom. The predicted octanol–water partition coefficient (Wildman–Crippen LogP) is 5.64. The summed E-state index contributed by atoms with van der Waals surface area (Å²) in [6.07, 6.45) is 15.9. The molecule has 2 heterocycles. The molecule has 0 atom stereocenters. The molecule has 3 aromatic rings. The van der Waals surface area contributed by atoms with Crippen LogP contribution >= 0.6 is 0 Å². The van der Waals surface area contributed by atoms with Crippen LogP contribution in [0.4, 0.5) is 17.5 Å². The fraction of sp³-hybridized carbons (Fsp3) is 0.538. The lowest BCUT2D eigenvalue weighted by Crippen LogP contribution is -2.24. The number of aromatic amines is 1. The first kappa shape index (κ1) is 20.6. The number of benzene rings is 1. The zero-order valence-corrected chi connectivity index (χ0v) is 19.1. The summed E-state index contributed by atoms with van der Waals surface area (Å²) in [7, 11) is 0. The summed E-state index contributed by atoms with van der Waals surface area (Å²) >= 11 is 0. The van der Waals surface area contributed by atoms with E-state index in [4.69, 9.17) is 4.98 Å². The van der Waals surface area contributed by atoms with Crippen LogP contribution in [0.5, 0.6) is 0 Å². The average molecular weight is 445 g/mol. The fourth-order valence-corrected chi connectivity index (χ4v) is 5.80. The number of nitrogens with zero attached hydrogens (tertiary/aromatic N) is 3. The second-order valence-corrected chi connectivity index (χ2v) is 10.4. The highest BCUT2D eigenvalue weighted by molar-refractivity contribution is 5.90. The van der Waals surface area contributed by atoms with Crippen molar-refractivity contribution in [2.75, 3.05) is 10.6 Å². The van der Waals surface area contributed by atoms with E-state index in [1.165, 1.54) is 63.4 Å². The predicted molar refractivity (Wildman–Crippen MR) is 131 cm³/mol. The maximum absolute atomic E-state index is 12.6. The third-order valence-corrected chi connectivity index (χ3v) is 8.10. The largest absolute Gasteiger partial charge is 0.351 e. The van der Waals surface area contributed by atoms with E-state index in [-0.39, 0.29) is 5.56 Å². The molecule has 0 aliphatic heterocycles. The molecule has 2 aromatic heterocycles. The molecule has 33 heavy (non-hydrogen) atoms. The Morgan fingerprint density at radius 2 is 1.67 bits per heavy atom. The van der Waals surface area contributed by atoms with Crippen LogP contribution in [-0.4, -0.2) is 26.2 Å². The van der Waals surface area contributed by atoms with Crippen molar-refractivity contribution in [1.29, 1.82) is 0 Å². The van der Waals surface area contributed by atoms with E-state index in [2.05, 4.69) is 50.1 Å². The number of anilines is 3. The minimum atomic E-state index is -0.285. The molecule has 1 spiro atoms. The van der Waals surface area contributed by atoms with Gasteiger partial charge >= 0.3 is 0 Å². The van der Waals surface area contributed by atoms with Crippen molar-refractivity contribution in [1.82, 2.24) is 20.2 Å². The summed E-state index contributed by atoms with van der Waals surface area (Å²) in [5.41, 5.74) is 3.32. The lowest BCUT2D eigenvalue weighted by molar-refractivity contribution is 0.306. The van der Waals surface area contributed by atoms with Gasteiger partial charge in [0.15, 0.2) is 0 Å². The normalized spacial score (nSPS) is 20.7. The van der Waals surface area contributed by atoms with Gasteiger partial charge in [-0.3, -0.25) is 4.79 Å². The fourth-order valence-electron chi connectivity index (χ4n) is 5.80.